The largest absolute Gasteiger partial charge is 0.294 e. The Kier molecular flexibility index (Phi) is 3.83. The quantitative estimate of drug-likeness (QED) is 0.693. The first-order valence-electron chi connectivity index (χ1n) is 6.54. The minimum Gasteiger partial charge on any atom is -0.294 e. The summed E-state index contributed by atoms with van der Waals surface area (Å²) in [6.07, 6.45) is 3.82. The van der Waals surface area contributed by atoms with Gasteiger partial charge in [0.05, 0.1) is 12.1 Å². The third-order valence-corrected chi connectivity index (χ3v) is 3.85. The number of benzene rings is 1. The van der Waals surface area contributed by atoms with Gasteiger partial charge in [-0.2, -0.15) is 0 Å². The van der Waals surface area contributed by atoms with Gasteiger partial charge in [-0.3, -0.25) is 4.79 Å². The van der Waals surface area contributed by atoms with E-state index in [1.54, 1.807) is 12.4 Å². The molecule has 0 fully saturated rings. The van der Waals surface area contributed by atoms with Gasteiger partial charge in [-0.05, 0) is 12.5 Å². The molecule has 0 saturated carbocycles. The molecule has 5 heteroatoms. The average molecular weight is 295 g/mol. The number of hydrogen-bond acceptors (Lipinski definition) is 5. The number of thiazole rings is 1. The van der Waals surface area contributed by atoms with E-state index in [-0.39, 0.29) is 5.78 Å². The molecule has 0 atom stereocenters. The number of aryl methyl sites for hydroxylation is 1. The van der Waals surface area contributed by atoms with Crippen LogP contribution in [-0.4, -0.2) is 20.7 Å². The molecule has 1 aromatic carbocycles. The molecule has 0 unspecified atom stereocenters. The zero-order chi connectivity index (χ0) is 14.7. The number of rotatable bonds is 4. The maximum absolute atomic E-state index is 12.1. The van der Waals surface area contributed by atoms with Gasteiger partial charge in [0.2, 0.25) is 0 Å². The molecular formula is C16H13N3OS. The standard InChI is InChI=1S/C16H13N3OS/c1-11-8-17-15(18-9-11)16-19-13(10-21-16)7-14(20)12-5-3-2-4-6-12/h2-6,8-10H,7H2,1H3. The van der Waals surface area contributed by atoms with Crippen molar-refractivity contribution in [3.63, 3.8) is 0 Å². The Morgan fingerprint density at radius 3 is 2.57 bits per heavy atom. The zero-order valence-corrected chi connectivity index (χ0v) is 12.3. The minimum absolute atomic E-state index is 0.0669. The van der Waals surface area contributed by atoms with Crippen molar-refractivity contribution in [3.05, 3.63) is 64.9 Å². The van der Waals surface area contributed by atoms with Crippen LogP contribution < -0.4 is 0 Å². The molecule has 3 aromatic rings. The van der Waals surface area contributed by atoms with Crippen molar-refractivity contribution in [2.24, 2.45) is 0 Å². The van der Waals surface area contributed by atoms with Gasteiger partial charge in [-0.25, -0.2) is 15.0 Å². The lowest BCUT2D eigenvalue weighted by Crippen LogP contribution is -2.03. The van der Waals surface area contributed by atoms with Crippen molar-refractivity contribution in [1.82, 2.24) is 15.0 Å². The monoisotopic (exact) mass is 295 g/mol. The first-order valence-corrected chi connectivity index (χ1v) is 7.42. The predicted molar refractivity (Wildman–Crippen MR) is 82.4 cm³/mol. The van der Waals surface area contributed by atoms with E-state index in [9.17, 15) is 4.79 Å². The van der Waals surface area contributed by atoms with Gasteiger partial charge in [-0.1, -0.05) is 30.3 Å². The number of nitrogens with zero attached hydrogens (tertiary/aromatic N) is 3. The maximum Gasteiger partial charge on any atom is 0.188 e. The molecule has 2 heterocycles. The lowest BCUT2D eigenvalue weighted by atomic mass is 10.1. The molecular weight excluding hydrogens is 282 g/mol. The van der Waals surface area contributed by atoms with E-state index in [4.69, 9.17) is 0 Å². The van der Waals surface area contributed by atoms with Crippen molar-refractivity contribution >= 4 is 17.1 Å². The number of carbonyl (C=O) groups excluding carboxylic acids is 1. The highest BCUT2D eigenvalue weighted by Crippen LogP contribution is 2.20. The molecule has 0 spiro atoms. The van der Waals surface area contributed by atoms with Gasteiger partial charge >= 0.3 is 0 Å². The van der Waals surface area contributed by atoms with E-state index in [0.29, 0.717) is 17.8 Å². The van der Waals surface area contributed by atoms with Crippen LogP contribution >= 0.6 is 11.3 Å². The van der Waals surface area contributed by atoms with Crippen LogP contribution in [0.5, 0.6) is 0 Å². The summed E-state index contributed by atoms with van der Waals surface area (Å²) < 4.78 is 0. The fourth-order valence-electron chi connectivity index (χ4n) is 1.88. The number of ketones is 1. The van der Waals surface area contributed by atoms with Crippen LogP contribution in [0.1, 0.15) is 21.6 Å². The van der Waals surface area contributed by atoms with Crippen molar-refractivity contribution in [2.45, 2.75) is 13.3 Å². The third kappa shape index (κ3) is 3.20. The Hall–Kier alpha value is -2.40. The fraction of sp³-hybridized carbons (Fsp3) is 0.125. The average Bonchev–Trinajstić information content (AvgIpc) is 2.97. The summed E-state index contributed by atoms with van der Waals surface area (Å²) in [5.74, 6) is 0.668. The fourth-order valence-corrected chi connectivity index (χ4v) is 2.65. The number of Topliss-reactive ketones (excluding diaryl/α,β-unsaturated/α-hetero) is 1. The van der Waals surface area contributed by atoms with E-state index in [1.165, 1.54) is 11.3 Å². The lowest BCUT2D eigenvalue weighted by Gasteiger charge is -1.98. The third-order valence-electron chi connectivity index (χ3n) is 2.96. The Morgan fingerprint density at radius 2 is 1.86 bits per heavy atom. The SMILES string of the molecule is Cc1cnc(-c2nc(CC(=O)c3ccccc3)cs2)nc1. The van der Waals surface area contributed by atoms with Gasteiger partial charge in [0, 0.05) is 23.3 Å². The summed E-state index contributed by atoms with van der Waals surface area (Å²) in [5, 5.41) is 2.63. The van der Waals surface area contributed by atoms with E-state index in [0.717, 1.165) is 16.3 Å². The molecule has 104 valence electrons. The molecule has 3 rings (SSSR count). The van der Waals surface area contributed by atoms with Crippen LogP contribution in [0.4, 0.5) is 0 Å². The highest BCUT2D eigenvalue weighted by Gasteiger charge is 2.11. The predicted octanol–water partition coefficient (Wildman–Crippen LogP) is 3.33. The maximum atomic E-state index is 12.1. The van der Waals surface area contributed by atoms with Crippen molar-refractivity contribution < 1.29 is 4.79 Å². The van der Waals surface area contributed by atoms with Crippen molar-refractivity contribution in [3.8, 4) is 10.8 Å². The van der Waals surface area contributed by atoms with Gasteiger partial charge in [0.25, 0.3) is 0 Å². The number of aromatic nitrogens is 3. The molecule has 0 saturated heterocycles. The first kappa shape index (κ1) is 13.6. The summed E-state index contributed by atoms with van der Waals surface area (Å²) in [6.45, 7) is 1.94. The van der Waals surface area contributed by atoms with Gasteiger partial charge < -0.3 is 0 Å². The molecule has 0 radical (unpaired) electrons. The van der Waals surface area contributed by atoms with Crippen LogP contribution in [0.3, 0.4) is 0 Å². The molecule has 0 aliphatic rings. The number of carbonyl (C=O) groups is 1. The first-order chi connectivity index (χ1) is 10.2. The highest BCUT2D eigenvalue weighted by atomic mass is 32.1. The molecule has 21 heavy (non-hydrogen) atoms. The minimum atomic E-state index is 0.0669. The molecule has 0 amide bonds. The van der Waals surface area contributed by atoms with E-state index in [2.05, 4.69) is 15.0 Å². The highest BCUT2D eigenvalue weighted by molar-refractivity contribution is 7.13. The van der Waals surface area contributed by atoms with Crippen LogP contribution in [0.25, 0.3) is 10.8 Å². The van der Waals surface area contributed by atoms with Gasteiger partial charge in [0.1, 0.15) is 0 Å². The Morgan fingerprint density at radius 1 is 1.14 bits per heavy atom. The van der Waals surface area contributed by atoms with Gasteiger partial charge in [-0.15, -0.1) is 11.3 Å². The van der Waals surface area contributed by atoms with Crippen molar-refractivity contribution in [1.29, 1.82) is 0 Å². The normalized spacial score (nSPS) is 10.5. The summed E-state index contributed by atoms with van der Waals surface area (Å²) in [6, 6.07) is 9.25. The Balaban J connectivity index is 1.76. The molecule has 2 aromatic heterocycles. The number of hydrogen-bond donors (Lipinski definition) is 0. The molecule has 0 bridgehead atoms. The van der Waals surface area contributed by atoms with E-state index >= 15 is 0 Å². The Labute approximate surface area is 126 Å². The molecule has 0 aliphatic heterocycles. The van der Waals surface area contributed by atoms with Crippen LogP contribution in [0, 0.1) is 6.92 Å². The van der Waals surface area contributed by atoms with Crippen molar-refractivity contribution in [2.75, 3.05) is 0 Å². The summed E-state index contributed by atoms with van der Waals surface area (Å²) in [5.41, 5.74) is 2.47. The second-order valence-corrected chi connectivity index (χ2v) is 5.55. The zero-order valence-electron chi connectivity index (χ0n) is 11.5. The van der Waals surface area contributed by atoms with Crippen LogP contribution in [-0.2, 0) is 6.42 Å². The second kappa shape index (κ2) is 5.93. The smallest absolute Gasteiger partial charge is 0.188 e. The Bertz CT molecular complexity index is 751. The van der Waals surface area contributed by atoms with Crippen LogP contribution in [0.15, 0.2) is 48.1 Å². The summed E-state index contributed by atoms with van der Waals surface area (Å²) >= 11 is 1.46. The molecule has 4 nitrogen and oxygen atoms in total. The lowest BCUT2D eigenvalue weighted by molar-refractivity contribution is 0.0992. The van der Waals surface area contributed by atoms with E-state index < -0.39 is 0 Å². The van der Waals surface area contributed by atoms with Crippen LogP contribution in [0.2, 0.25) is 0 Å². The molecule has 0 aliphatic carbocycles. The topological polar surface area (TPSA) is 55.7 Å². The summed E-state index contributed by atoms with van der Waals surface area (Å²) in [7, 11) is 0. The molecule has 0 N–H and O–H groups in total. The van der Waals surface area contributed by atoms with E-state index in [1.807, 2.05) is 42.6 Å². The summed E-state index contributed by atoms with van der Waals surface area (Å²) in [4.78, 5) is 25.1. The van der Waals surface area contributed by atoms with Gasteiger partial charge in [0.15, 0.2) is 16.6 Å². The second-order valence-electron chi connectivity index (χ2n) is 4.69.